The van der Waals surface area contributed by atoms with Crippen molar-refractivity contribution in [3.63, 3.8) is 0 Å². The number of aliphatic hydroxyl groups excluding tert-OH is 1. The lowest BCUT2D eigenvalue weighted by Gasteiger charge is -2.11. The minimum atomic E-state index is 0.0191. The number of unbranched alkanes of at least 4 members (excludes halogenated alkanes) is 1. The van der Waals surface area contributed by atoms with E-state index >= 15 is 0 Å². The van der Waals surface area contributed by atoms with Crippen LogP contribution in [0.2, 0.25) is 0 Å². The van der Waals surface area contributed by atoms with E-state index in [0.717, 1.165) is 29.0 Å². The van der Waals surface area contributed by atoms with Crippen LogP contribution in [0, 0.1) is 11.3 Å². The van der Waals surface area contributed by atoms with Crippen LogP contribution in [-0.4, -0.2) is 11.7 Å². The molecule has 2 aromatic carbocycles. The summed E-state index contributed by atoms with van der Waals surface area (Å²) in [6, 6.07) is 17.7. The van der Waals surface area contributed by atoms with E-state index in [9.17, 15) is 5.11 Å². The van der Waals surface area contributed by atoms with Gasteiger partial charge in [0.1, 0.15) is 5.75 Å². The maximum absolute atomic E-state index is 9.32. The first-order valence-electron chi connectivity index (χ1n) is 7.35. The molecule has 114 valence electrons. The molecule has 4 heteroatoms. The number of para-hydroxylation sites is 1. The van der Waals surface area contributed by atoms with Crippen molar-refractivity contribution >= 4 is 5.69 Å². The molecule has 0 amide bonds. The summed E-state index contributed by atoms with van der Waals surface area (Å²) < 4.78 is 5.63. The first-order valence-corrected chi connectivity index (χ1v) is 7.35. The zero-order valence-electron chi connectivity index (χ0n) is 12.5. The topological polar surface area (TPSA) is 65.3 Å². The zero-order valence-corrected chi connectivity index (χ0v) is 12.5. The number of anilines is 1. The van der Waals surface area contributed by atoms with Crippen molar-refractivity contribution in [3.8, 4) is 11.8 Å². The molecule has 2 rings (SSSR count). The Hall–Kier alpha value is -2.51. The lowest BCUT2D eigenvalue weighted by molar-refractivity contribution is 0.282. The van der Waals surface area contributed by atoms with Gasteiger partial charge in [-0.25, -0.2) is 0 Å². The van der Waals surface area contributed by atoms with Gasteiger partial charge in [-0.2, -0.15) is 5.26 Å². The van der Waals surface area contributed by atoms with E-state index in [1.54, 1.807) is 0 Å². The van der Waals surface area contributed by atoms with Crippen LogP contribution in [0.3, 0.4) is 0 Å². The van der Waals surface area contributed by atoms with Crippen molar-refractivity contribution in [1.82, 2.24) is 0 Å². The summed E-state index contributed by atoms with van der Waals surface area (Å²) in [6.07, 6.45) is 1.25. The molecular formula is C18H20N2O2. The summed E-state index contributed by atoms with van der Waals surface area (Å²) in [5, 5.41) is 21.1. The standard InChI is InChI=1S/C18H20N2O2/c19-10-3-4-11-22-17-8-5-6-15(12-17)13-20-18-9-2-1-7-16(18)14-21/h1-2,5-9,12,20-21H,3-4,11,13-14H2. The molecule has 2 aromatic rings. The van der Waals surface area contributed by atoms with E-state index in [4.69, 9.17) is 10.00 Å². The third-order valence-electron chi connectivity index (χ3n) is 3.27. The minimum absolute atomic E-state index is 0.0191. The van der Waals surface area contributed by atoms with Crippen molar-refractivity contribution in [2.24, 2.45) is 0 Å². The summed E-state index contributed by atoms with van der Waals surface area (Å²) in [7, 11) is 0. The number of nitrogens with zero attached hydrogens (tertiary/aromatic N) is 1. The Morgan fingerprint density at radius 3 is 2.82 bits per heavy atom. The molecule has 0 atom stereocenters. The molecule has 0 radical (unpaired) electrons. The van der Waals surface area contributed by atoms with Crippen molar-refractivity contribution < 1.29 is 9.84 Å². The maximum atomic E-state index is 9.32. The van der Waals surface area contributed by atoms with Gasteiger partial charge in [-0.1, -0.05) is 30.3 Å². The normalized spacial score (nSPS) is 10.0. The number of nitriles is 1. The SMILES string of the molecule is N#CCCCOc1cccc(CNc2ccccc2CO)c1. The van der Waals surface area contributed by atoms with Crippen LogP contribution in [0.4, 0.5) is 5.69 Å². The molecule has 0 bridgehead atoms. The molecule has 4 nitrogen and oxygen atoms in total. The lowest BCUT2D eigenvalue weighted by atomic mass is 10.1. The van der Waals surface area contributed by atoms with E-state index in [2.05, 4.69) is 11.4 Å². The number of rotatable bonds is 8. The lowest BCUT2D eigenvalue weighted by Crippen LogP contribution is -2.03. The summed E-state index contributed by atoms with van der Waals surface area (Å²) in [5.74, 6) is 0.813. The van der Waals surface area contributed by atoms with E-state index < -0.39 is 0 Å². The Bertz CT molecular complexity index is 635. The van der Waals surface area contributed by atoms with Crippen molar-refractivity contribution in [2.45, 2.75) is 26.0 Å². The smallest absolute Gasteiger partial charge is 0.119 e. The van der Waals surface area contributed by atoms with Crippen LogP contribution < -0.4 is 10.1 Å². The van der Waals surface area contributed by atoms with Gasteiger partial charge < -0.3 is 15.2 Å². The van der Waals surface area contributed by atoms with Crippen LogP contribution in [0.5, 0.6) is 5.75 Å². The van der Waals surface area contributed by atoms with Crippen molar-refractivity contribution in [1.29, 1.82) is 5.26 Å². The second-order valence-corrected chi connectivity index (χ2v) is 4.93. The van der Waals surface area contributed by atoms with Gasteiger partial charge in [-0.05, 0) is 30.2 Å². The third kappa shape index (κ3) is 4.80. The number of ether oxygens (including phenoxy) is 1. The second-order valence-electron chi connectivity index (χ2n) is 4.93. The number of hydrogen-bond acceptors (Lipinski definition) is 4. The molecule has 22 heavy (non-hydrogen) atoms. The van der Waals surface area contributed by atoms with Crippen LogP contribution in [-0.2, 0) is 13.2 Å². The molecule has 0 aliphatic carbocycles. The van der Waals surface area contributed by atoms with Gasteiger partial charge in [0.25, 0.3) is 0 Å². The average Bonchev–Trinajstić information content (AvgIpc) is 2.57. The fourth-order valence-corrected chi connectivity index (χ4v) is 2.11. The molecule has 2 N–H and O–H groups in total. The maximum Gasteiger partial charge on any atom is 0.119 e. The first-order chi connectivity index (χ1) is 10.8. The van der Waals surface area contributed by atoms with Gasteiger partial charge in [-0.3, -0.25) is 0 Å². The number of aliphatic hydroxyl groups is 1. The van der Waals surface area contributed by atoms with Crippen LogP contribution >= 0.6 is 0 Å². The fraction of sp³-hybridized carbons (Fsp3) is 0.278. The molecule has 0 saturated heterocycles. The van der Waals surface area contributed by atoms with Gasteiger partial charge in [0.2, 0.25) is 0 Å². The third-order valence-corrected chi connectivity index (χ3v) is 3.27. The fourth-order valence-electron chi connectivity index (χ4n) is 2.11. The van der Waals surface area contributed by atoms with Gasteiger partial charge in [-0.15, -0.1) is 0 Å². The van der Waals surface area contributed by atoms with Gasteiger partial charge in [0.15, 0.2) is 0 Å². The summed E-state index contributed by atoms with van der Waals surface area (Å²) in [4.78, 5) is 0. The predicted octanol–water partition coefficient (Wildman–Crippen LogP) is 3.47. The predicted molar refractivity (Wildman–Crippen MR) is 86.5 cm³/mol. The Balaban J connectivity index is 1.91. The molecule has 0 spiro atoms. The molecule has 0 aliphatic heterocycles. The van der Waals surface area contributed by atoms with Crippen LogP contribution in [0.15, 0.2) is 48.5 Å². The Morgan fingerprint density at radius 1 is 1.14 bits per heavy atom. The number of benzene rings is 2. The largest absolute Gasteiger partial charge is 0.494 e. The average molecular weight is 296 g/mol. The van der Waals surface area contributed by atoms with Crippen LogP contribution in [0.25, 0.3) is 0 Å². The van der Waals surface area contributed by atoms with E-state index in [-0.39, 0.29) is 6.61 Å². The highest BCUT2D eigenvalue weighted by Crippen LogP contribution is 2.18. The highest BCUT2D eigenvalue weighted by Gasteiger charge is 2.01. The quantitative estimate of drug-likeness (QED) is 0.732. The van der Waals surface area contributed by atoms with E-state index in [1.807, 2.05) is 48.5 Å². The van der Waals surface area contributed by atoms with Crippen LogP contribution in [0.1, 0.15) is 24.0 Å². The molecule has 0 aromatic heterocycles. The monoisotopic (exact) mass is 296 g/mol. The molecule has 0 unspecified atom stereocenters. The zero-order chi connectivity index (χ0) is 15.6. The Kier molecular flexibility index (Phi) is 6.28. The van der Waals surface area contributed by atoms with Gasteiger partial charge in [0, 0.05) is 24.2 Å². The Morgan fingerprint density at radius 2 is 2.00 bits per heavy atom. The summed E-state index contributed by atoms with van der Waals surface area (Å²) in [6.45, 7) is 1.23. The van der Waals surface area contributed by atoms with Gasteiger partial charge in [0.05, 0.1) is 19.3 Å². The highest BCUT2D eigenvalue weighted by molar-refractivity contribution is 5.51. The second kappa shape index (κ2) is 8.71. The van der Waals surface area contributed by atoms with E-state index in [0.29, 0.717) is 19.6 Å². The summed E-state index contributed by atoms with van der Waals surface area (Å²) >= 11 is 0. The number of nitrogens with one attached hydrogen (secondary N) is 1. The molecular weight excluding hydrogens is 276 g/mol. The van der Waals surface area contributed by atoms with Crippen molar-refractivity contribution in [2.75, 3.05) is 11.9 Å². The first kappa shape index (κ1) is 15.9. The highest BCUT2D eigenvalue weighted by atomic mass is 16.5. The van der Waals surface area contributed by atoms with Gasteiger partial charge >= 0.3 is 0 Å². The molecule has 0 heterocycles. The molecule has 0 aliphatic rings. The van der Waals surface area contributed by atoms with Crippen molar-refractivity contribution in [3.05, 3.63) is 59.7 Å². The number of hydrogen-bond donors (Lipinski definition) is 2. The van der Waals surface area contributed by atoms with E-state index in [1.165, 1.54) is 0 Å². The Labute approximate surface area is 131 Å². The minimum Gasteiger partial charge on any atom is -0.494 e. The summed E-state index contributed by atoms with van der Waals surface area (Å²) in [5.41, 5.74) is 2.92. The molecule has 0 fully saturated rings. The molecule has 0 saturated carbocycles.